The smallest absolute Gasteiger partial charge is 0.136 e. The van der Waals surface area contributed by atoms with Gasteiger partial charge in [0.15, 0.2) is 0 Å². The first-order valence-corrected chi connectivity index (χ1v) is 3.99. The van der Waals surface area contributed by atoms with Crippen molar-refractivity contribution in [1.82, 2.24) is 9.55 Å². The average molecular weight is 167 g/mol. The molecule has 1 unspecified atom stereocenters. The SMILES string of the molecule is NC(C=O)CCCn1ccnc1. The number of rotatable bonds is 5. The Bertz CT molecular complexity index is 220. The van der Waals surface area contributed by atoms with E-state index in [0.717, 1.165) is 25.7 Å². The van der Waals surface area contributed by atoms with E-state index < -0.39 is 0 Å². The number of aromatic nitrogens is 2. The molecule has 0 radical (unpaired) electrons. The van der Waals surface area contributed by atoms with Crippen molar-refractivity contribution in [3.05, 3.63) is 18.7 Å². The van der Waals surface area contributed by atoms with Crippen molar-refractivity contribution in [2.45, 2.75) is 25.4 Å². The first-order chi connectivity index (χ1) is 5.83. The second kappa shape index (κ2) is 4.66. The van der Waals surface area contributed by atoms with Crippen LogP contribution >= 0.6 is 0 Å². The summed E-state index contributed by atoms with van der Waals surface area (Å²) >= 11 is 0. The van der Waals surface area contributed by atoms with Gasteiger partial charge in [-0.15, -0.1) is 0 Å². The third kappa shape index (κ3) is 2.84. The summed E-state index contributed by atoms with van der Waals surface area (Å²) in [6.45, 7) is 0.877. The van der Waals surface area contributed by atoms with Crippen LogP contribution < -0.4 is 5.73 Å². The van der Waals surface area contributed by atoms with E-state index in [1.165, 1.54) is 0 Å². The number of hydrogen-bond acceptors (Lipinski definition) is 3. The molecule has 0 amide bonds. The lowest BCUT2D eigenvalue weighted by atomic mass is 10.2. The predicted molar refractivity (Wildman–Crippen MR) is 45.5 cm³/mol. The molecular weight excluding hydrogens is 154 g/mol. The van der Waals surface area contributed by atoms with E-state index in [-0.39, 0.29) is 6.04 Å². The van der Waals surface area contributed by atoms with Gasteiger partial charge in [-0.1, -0.05) is 0 Å². The van der Waals surface area contributed by atoms with Crippen LogP contribution in [0.3, 0.4) is 0 Å². The first kappa shape index (κ1) is 8.93. The topological polar surface area (TPSA) is 60.9 Å². The molecule has 1 aromatic heterocycles. The quantitative estimate of drug-likeness (QED) is 0.637. The van der Waals surface area contributed by atoms with E-state index in [1.54, 1.807) is 12.5 Å². The Morgan fingerprint density at radius 1 is 1.67 bits per heavy atom. The van der Waals surface area contributed by atoms with Crippen molar-refractivity contribution in [3.8, 4) is 0 Å². The molecule has 0 aliphatic rings. The van der Waals surface area contributed by atoms with Crippen LogP contribution in [-0.4, -0.2) is 21.9 Å². The summed E-state index contributed by atoms with van der Waals surface area (Å²) in [5, 5.41) is 0. The van der Waals surface area contributed by atoms with Gasteiger partial charge in [0.2, 0.25) is 0 Å². The van der Waals surface area contributed by atoms with E-state index >= 15 is 0 Å². The van der Waals surface area contributed by atoms with Crippen LogP contribution in [-0.2, 0) is 11.3 Å². The zero-order valence-electron chi connectivity index (χ0n) is 6.89. The average Bonchev–Trinajstić information content (AvgIpc) is 2.57. The number of aldehydes is 1. The van der Waals surface area contributed by atoms with Crippen molar-refractivity contribution in [3.63, 3.8) is 0 Å². The second-order valence-corrected chi connectivity index (χ2v) is 2.74. The number of carbonyl (C=O) groups excluding carboxylic acids is 1. The summed E-state index contributed by atoms with van der Waals surface area (Å²) in [5.41, 5.74) is 5.42. The molecule has 1 aromatic rings. The molecule has 0 aliphatic carbocycles. The van der Waals surface area contributed by atoms with E-state index in [9.17, 15) is 4.79 Å². The maximum absolute atomic E-state index is 10.2. The number of nitrogens with zero attached hydrogens (tertiary/aromatic N) is 2. The Balaban J connectivity index is 2.15. The molecular formula is C8H13N3O. The van der Waals surface area contributed by atoms with Gasteiger partial charge in [0.1, 0.15) is 6.29 Å². The lowest BCUT2D eigenvalue weighted by molar-refractivity contribution is -0.109. The fourth-order valence-corrected chi connectivity index (χ4v) is 0.997. The zero-order chi connectivity index (χ0) is 8.81. The minimum absolute atomic E-state index is 0.312. The zero-order valence-corrected chi connectivity index (χ0v) is 6.89. The molecule has 12 heavy (non-hydrogen) atoms. The highest BCUT2D eigenvalue weighted by molar-refractivity contribution is 5.56. The van der Waals surface area contributed by atoms with E-state index in [0.29, 0.717) is 0 Å². The van der Waals surface area contributed by atoms with Gasteiger partial charge in [0.25, 0.3) is 0 Å². The van der Waals surface area contributed by atoms with Crippen LogP contribution in [0.5, 0.6) is 0 Å². The highest BCUT2D eigenvalue weighted by atomic mass is 16.1. The highest BCUT2D eigenvalue weighted by Gasteiger charge is 1.98. The van der Waals surface area contributed by atoms with E-state index in [1.807, 2.05) is 10.8 Å². The van der Waals surface area contributed by atoms with Gasteiger partial charge in [0.05, 0.1) is 12.4 Å². The third-order valence-corrected chi connectivity index (χ3v) is 1.69. The molecule has 1 rings (SSSR count). The largest absolute Gasteiger partial charge is 0.337 e. The molecule has 0 aliphatic heterocycles. The van der Waals surface area contributed by atoms with Crippen LogP contribution in [0.1, 0.15) is 12.8 Å². The van der Waals surface area contributed by atoms with Gasteiger partial charge in [-0.2, -0.15) is 0 Å². The fraction of sp³-hybridized carbons (Fsp3) is 0.500. The van der Waals surface area contributed by atoms with Gasteiger partial charge in [-0.3, -0.25) is 0 Å². The van der Waals surface area contributed by atoms with Crippen molar-refractivity contribution < 1.29 is 4.79 Å². The monoisotopic (exact) mass is 167 g/mol. The maximum Gasteiger partial charge on any atom is 0.136 e. The molecule has 2 N–H and O–H groups in total. The minimum Gasteiger partial charge on any atom is -0.337 e. The van der Waals surface area contributed by atoms with Gasteiger partial charge < -0.3 is 15.1 Å². The molecule has 66 valence electrons. The maximum atomic E-state index is 10.2. The van der Waals surface area contributed by atoms with Crippen molar-refractivity contribution in [1.29, 1.82) is 0 Å². The Kier molecular flexibility index (Phi) is 3.47. The van der Waals surface area contributed by atoms with Crippen LogP contribution in [0.25, 0.3) is 0 Å². The van der Waals surface area contributed by atoms with Crippen LogP contribution in [0.2, 0.25) is 0 Å². The van der Waals surface area contributed by atoms with Gasteiger partial charge in [-0.25, -0.2) is 4.98 Å². The molecule has 4 heteroatoms. The Labute approximate surface area is 71.4 Å². The minimum atomic E-state index is -0.312. The summed E-state index contributed by atoms with van der Waals surface area (Å²) in [6, 6.07) is -0.312. The number of nitrogens with two attached hydrogens (primary N) is 1. The Morgan fingerprint density at radius 3 is 3.08 bits per heavy atom. The standard InChI is InChI=1S/C8H13N3O/c9-8(6-12)2-1-4-11-5-3-10-7-11/h3,5-8H,1-2,4,9H2. The molecule has 0 bridgehead atoms. The molecule has 1 heterocycles. The third-order valence-electron chi connectivity index (χ3n) is 1.69. The lowest BCUT2D eigenvalue weighted by Crippen LogP contribution is -2.21. The van der Waals surface area contributed by atoms with Gasteiger partial charge in [-0.05, 0) is 12.8 Å². The van der Waals surface area contributed by atoms with Crippen molar-refractivity contribution in [2.24, 2.45) is 5.73 Å². The Hall–Kier alpha value is -1.16. The van der Waals surface area contributed by atoms with Gasteiger partial charge >= 0.3 is 0 Å². The number of hydrogen-bond donors (Lipinski definition) is 1. The highest BCUT2D eigenvalue weighted by Crippen LogP contribution is 1.96. The van der Waals surface area contributed by atoms with Crippen molar-refractivity contribution in [2.75, 3.05) is 0 Å². The number of imidazole rings is 1. The van der Waals surface area contributed by atoms with Gasteiger partial charge in [0, 0.05) is 18.9 Å². The number of carbonyl (C=O) groups is 1. The summed E-state index contributed by atoms with van der Waals surface area (Å²) < 4.78 is 1.97. The summed E-state index contributed by atoms with van der Waals surface area (Å²) in [7, 11) is 0. The number of aryl methyl sites for hydroxylation is 1. The van der Waals surface area contributed by atoms with E-state index in [2.05, 4.69) is 4.98 Å². The molecule has 0 aromatic carbocycles. The molecule has 0 saturated heterocycles. The van der Waals surface area contributed by atoms with Crippen LogP contribution in [0, 0.1) is 0 Å². The predicted octanol–water partition coefficient (Wildman–Crippen LogP) is 0.189. The van der Waals surface area contributed by atoms with Crippen molar-refractivity contribution >= 4 is 6.29 Å². The first-order valence-electron chi connectivity index (χ1n) is 3.99. The molecule has 0 saturated carbocycles. The lowest BCUT2D eigenvalue weighted by Gasteiger charge is -2.03. The summed E-state index contributed by atoms with van der Waals surface area (Å²) in [4.78, 5) is 14.1. The second-order valence-electron chi connectivity index (χ2n) is 2.74. The normalized spacial score (nSPS) is 12.8. The molecule has 1 atom stereocenters. The summed E-state index contributed by atoms with van der Waals surface area (Å²) in [6.07, 6.45) is 7.82. The van der Waals surface area contributed by atoms with Crippen LogP contribution in [0.15, 0.2) is 18.7 Å². The molecule has 0 spiro atoms. The summed E-state index contributed by atoms with van der Waals surface area (Å²) in [5.74, 6) is 0. The van der Waals surface area contributed by atoms with Crippen LogP contribution in [0.4, 0.5) is 0 Å². The Morgan fingerprint density at radius 2 is 2.50 bits per heavy atom. The molecule has 0 fully saturated rings. The van der Waals surface area contributed by atoms with E-state index in [4.69, 9.17) is 5.73 Å². The molecule has 4 nitrogen and oxygen atoms in total. The fourth-order valence-electron chi connectivity index (χ4n) is 0.997.